The van der Waals surface area contributed by atoms with Gasteiger partial charge in [0.05, 0.1) is 23.0 Å². The number of alkyl halides is 2. The van der Waals surface area contributed by atoms with E-state index < -0.39 is 35.0 Å². The predicted octanol–water partition coefficient (Wildman–Crippen LogP) is 2.13. The van der Waals surface area contributed by atoms with Crippen molar-refractivity contribution in [1.82, 2.24) is 4.98 Å². The third-order valence-electron chi connectivity index (χ3n) is 1.79. The lowest BCUT2D eigenvalue weighted by molar-refractivity contribution is -0.387. The number of rotatable bonds is 3. The van der Waals surface area contributed by atoms with Crippen LogP contribution in [-0.2, 0) is 6.42 Å². The Morgan fingerprint density at radius 1 is 1.62 bits per heavy atom. The maximum atomic E-state index is 12.9. The molecule has 0 spiro atoms. The van der Waals surface area contributed by atoms with E-state index in [1.165, 1.54) is 0 Å². The summed E-state index contributed by atoms with van der Waals surface area (Å²) in [5, 5.41) is 18.9. The molecule has 0 fully saturated rings. The van der Waals surface area contributed by atoms with Crippen molar-refractivity contribution in [2.45, 2.75) is 12.8 Å². The molecule has 0 N–H and O–H groups in total. The van der Waals surface area contributed by atoms with Crippen LogP contribution in [0.1, 0.15) is 17.6 Å². The SMILES string of the molecule is N#CCc1cnc(F)c(C(F)F)c1[N+](=O)[O-]. The molecule has 0 atom stereocenters. The molecule has 16 heavy (non-hydrogen) atoms. The molecule has 0 amide bonds. The van der Waals surface area contributed by atoms with Gasteiger partial charge in [-0.1, -0.05) is 0 Å². The minimum atomic E-state index is -3.36. The summed E-state index contributed by atoms with van der Waals surface area (Å²) >= 11 is 0. The summed E-state index contributed by atoms with van der Waals surface area (Å²) in [6.45, 7) is 0. The van der Waals surface area contributed by atoms with E-state index in [9.17, 15) is 23.3 Å². The molecule has 0 aliphatic heterocycles. The Labute approximate surface area is 87.3 Å². The number of nitriles is 1. The summed E-state index contributed by atoms with van der Waals surface area (Å²) in [5.74, 6) is -1.59. The summed E-state index contributed by atoms with van der Waals surface area (Å²) in [7, 11) is 0. The van der Waals surface area contributed by atoms with E-state index in [4.69, 9.17) is 5.26 Å². The summed E-state index contributed by atoms with van der Waals surface area (Å²) in [6.07, 6.45) is -3.13. The van der Waals surface area contributed by atoms with Gasteiger partial charge in [0.15, 0.2) is 5.56 Å². The first-order valence-corrected chi connectivity index (χ1v) is 3.95. The Kier molecular flexibility index (Phi) is 3.40. The van der Waals surface area contributed by atoms with Crippen molar-refractivity contribution in [1.29, 1.82) is 5.26 Å². The smallest absolute Gasteiger partial charge is 0.258 e. The van der Waals surface area contributed by atoms with E-state index in [0.717, 1.165) is 0 Å². The van der Waals surface area contributed by atoms with Gasteiger partial charge in [-0.3, -0.25) is 10.1 Å². The Balaban J connectivity index is 3.51. The number of hydrogen-bond donors (Lipinski definition) is 0. The molecule has 0 aliphatic rings. The lowest BCUT2D eigenvalue weighted by Crippen LogP contribution is -2.05. The van der Waals surface area contributed by atoms with E-state index in [0.29, 0.717) is 6.20 Å². The normalized spacial score (nSPS) is 10.2. The predicted molar refractivity (Wildman–Crippen MR) is 45.1 cm³/mol. The van der Waals surface area contributed by atoms with E-state index in [2.05, 4.69) is 4.98 Å². The van der Waals surface area contributed by atoms with E-state index >= 15 is 0 Å². The van der Waals surface area contributed by atoms with Gasteiger partial charge in [0.1, 0.15) is 0 Å². The van der Waals surface area contributed by atoms with Crippen molar-refractivity contribution < 1.29 is 18.1 Å². The minimum absolute atomic E-state index is 0.329. The number of pyridine rings is 1. The van der Waals surface area contributed by atoms with Crippen LogP contribution in [0, 0.1) is 27.4 Å². The highest BCUT2D eigenvalue weighted by Crippen LogP contribution is 2.33. The highest BCUT2D eigenvalue weighted by atomic mass is 19.3. The molecular weight excluding hydrogens is 227 g/mol. The van der Waals surface area contributed by atoms with Gasteiger partial charge in [0, 0.05) is 6.20 Å². The van der Waals surface area contributed by atoms with Crippen molar-refractivity contribution in [3.05, 3.63) is 33.4 Å². The number of aromatic nitrogens is 1. The Bertz CT molecular complexity index is 470. The van der Waals surface area contributed by atoms with Crippen LogP contribution in [0.25, 0.3) is 0 Å². The fourth-order valence-electron chi connectivity index (χ4n) is 1.16. The molecule has 0 unspecified atom stereocenters. The molecule has 0 aromatic carbocycles. The third kappa shape index (κ3) is 2.08. The maximum Gasteiger partial charge on any atom is 0.288 e. The lowest BCUT2D eigenvalue weighted by atomic mass is 10.1. The fraction of sp³-hybridized carbons (Fsp3) is 0.250. The summed E-state index contributed by atoms with van der Waals surface area (Å²) in [4.78, 5) is 12.4. The molecular formula is C8H4F3N3O2. The number of hydrogen-bond acceptors (Lipinski definition) is 4. The first-order chi connectivity index (χ1) is 7.49. The molecule has 5 nitrogen and oxygen atoms in total. The van der Waals surface area contributed by atoms with Crippen molar-refractivity contribution in [2.75, 3.05) is 0 Å². The van der Waals surface area contributed by atoms with E-state index in [1.807, 2.05) is 0 Å². The second-order valence-electron chi connectivity index (χ2n) is 2.73. The van der Waals surface area contributed by atoms with Gasteiger partial charge in [-0.05, 0) is 0 Å². The fourth-order valence-corrected chi connectivity index (χ4v) is 1.16. The zero-order valence-electron chi connectivity index (χ0n) is 7.65. The maximum absolute atomic E-state index is 12.9. The molecule has 1 aromatic rings. The van der Waals surface area contributed by atoms with Gasteiger partial charge in [-0.25, -0.2) is 13.8 Å². The molecule has 1 heterocycles. The average molecular weight is 231 g/mol. The minimum Gasteiger partial charge on any atom is -0.258 e. The molecule has 84 valence electrons. The van der Waals surface area contributed by atoms with Crippen molar-refractivity contribution in [3.63, 3.8) is 0 Å². The van der Waals surface area contributed by atoms with Crippen molar-refractivity contribution in [2.24, 2.45) is 0 Å². The second kappa shape index (κ2) is 4.57. The first-order valence-electron chi connectivity index (χ1n) is 3.95. The molecule has 1 aromatic heterocycles. The summed E-state index contributed by atoms with van der Waals surface area (Å²) in [6, 6.07) is 1.55. The monoisotopic (exact) mass is 231 g/mol. The first kappa shape index (κ1) is 11.9. The zero-order valence-corrected chi connectivity index (χ0v) is 7.65. The molecule has 8 heteroatoms. The van der Waals surface area contributed by atoms with Gasteiger partial charge < -0.3 is 0 Å². The number of nitro groups is 1. The van der Waals surface area contributed by atoms with Crippen molar-refractivity contribution in [3.8, 4) is 6.07 Å². The average Bonchev–Trinajstić information content (AvgIpc) is 2.19. The molecule has 0 radical (unpaired) electrons. The van der Waals surface area contributed by atoms with Gasteiger partial charge in [-0.2, -0.15) is 9.65 Å². The standard InChI is InChI=1S/C8H4F3N3O2/c9-7(10)5-6(14(15)16)4(1-2-12)3-13-8(5)11/h3,7H,1H2. The van der Waals surface area contributed by atoms with Gasteiger partial charge in [0.25, 0.3) is 12.1 Å². The van der Waals surface area contributed by atoms with Crippen LogP contribution in [0.15, 0.2) is 6.20 Å². The Morgan fingerprint density at radius 3 is 2.69 bits per heavy atom. The quantitative estimate of drug-likeness (QED) is 0.453. The third-order valence-corrected chi connectivity index (χ3v) is 1.79. The second-order valence-corrected chi connectivity index (χ2v) is 2.73. The lowest BCUT2D eigenvalue weighted by Gasteiger charge is -2.05. The Morgan fingerprint density at radius 2 is 2.25 bits per heavy atom. The van der Waals surface area contributed by atoms with Crippen molar-refractivity contribution >= 4 is 5.69 Å². The van der Waals surface area contributed by atoms with E-state index in [1.54, 1.807) is 6.07 Å². The molecule has 0 bridgehead atoms. The number of halogens is 3. The molecule has 1 rings (SSSR count). The zero-order chi connectivity index (χ0) is 12.3. The summed E-state index contributed by atoms with van der Waals surface area (Å²) < 4.78 is 37.7. The molecule has 0 saturated carbocycles. The topological polar surface area (TPSA) is 79.8 Å². The van der Waals surface area contributed by atoms with Crippen LogP contribution in [0.5, 0.6) is 0 Å². The van der Waals surface area contributed by atoms with E-state index in [-0.39, 0.29) is 5.56 Å². The van der Waals surface area contributed by atoms with Crippen LogP contribution in [0.2, 0.25) is 0 Å². The van der Waals surface area contributed by atoms with Crippen LogP contribution >= 0.6 is 0 Å². The highest BCUT2D eigenvalue weighted by molar-refractivity contribution is 5.47. The number of nitrogens with zero attached hydrogens (tertiary/aromatic N) is 3. The molecule has 0 saturated heterocycles. The highest BCUT2D eigenvalue weighted by Gasteiger charge is 2.30. The van der Waals surface area contributed by atoms with Crippen LogP contribution in [-0.4, -0.2) is 9.91 Å². The van der Waals surface area contributed by atoms with Gasteiger partial charge >= 0.3 is 0 Å². The molecule has 0 aliphatic carbocycles. The van der Waals surface area contributed by atoms with Crippen LogP contribution in [0.4, 0.5) is 18.9 Å². The Hall–Kier alpha value is -2.17. The summed E-state index contributed by atoms with van der Waals surface area (Å²) in [5.41, 5.74) is -2.79. The van der Waals surface area contributed by atoms with Gasteiger partial charge in [-0.15, -0.1) is 0 Å². The van der Waals surface area contributed by atoms with Gasteiger partial charge in [0.2, 0.25) is 5.95 Å². The largest absolute Gasteiger partial charge is 0.288 e. The van der Waals surface area contributed by atoms with Crippen LogP contribution in [0.3, 0.4) is 0 Å². The van der Waals surface area contributed by atoms with Crippen LogP contribution < -0.4 is 0 Å².